The van der Waals surface area contributed by atoms with Crippen molar-refractivity contribution in [2.24, 2.45) is 0 Å². The van der Waals surface area contributed by atoms with Gasteiger partial charge in [0.15, 0.2) is 10.9 Å². The van der Waals surface area contributed by atoms with Crippen LogP contribution in [-0.2, 0) is 9.47 Å². The van der Waals surface area contributed by atoms with E-state index in [0.29, 0.717) is 11.7 Å². The first-order chi connectivity index (χ1) is 11.0. The predicted octanol–water partition coefficient (Wildman–Crippen LogP) is 3.16. The number of nitrogens with one attached hydrogen (secondary N) is 2. The molecule has 3 rings (SSSR count). The van der Waals surface area contributed by atoms with E-state index in [1.807, 2.05) is 44.2 Å². The number of nitrogens with zero attached hydrogens (tertiary/aromatic N) is 1. The number of hydrogen-bond acceptors (Lipinski definition) is 5. The molecule has 0 unspecified atom stereocenters. The van der Waals surface area contributed by atoms with Crippen molar-refractivity contribution >= 4 is 22.5 Å². The molecule has 7 heteroatoms. The lowest BCUT2D eigenvalue weighted by atomic mass is 10.0. The van der Waals surface area contributed by atoms with Gasteiger partial charge in [-0.05, 0) is 19.4 Å². The molecule has 2 amide bonds. The highest BCUT2D eigenvalue weighted by molar-refractivity contribution is 7.13. The number of carbonyl (C=O) groups is 1. The van der Waals surface area contributed by atoms with Crippen molar-refractivity contribution in [3.05, 3.63) is 47.5 Å². The topological polar surface area (TPSA) is 72.5 Å². The molecule has 0 aliphatic carbocycles. The van der Waals surface area contributed by atoms with Crippen LogP contribution in [0.15, 0.2) is 41.9 Å². The Morgan fingerprint density at radius 2 is 2.13 bits per heavy atom. The number of benzene rings is 1. The first-order valence-corrected chi connectivity index (χ1v) is 8.25. The number of ether oxygens (including phenoxy) is 2. The molecule has 2 aromatic rings. The molecule has 1 aromatic carbocycles. The van der Waals surface area contributed by atoms with Crippen molar-refractivity contribution in [1.29, 1.82) is 0 Å². The predicted molar refractivity (Wildman–Crippen MR) is 88.4 cm³/mol. The summed E-state index contributed by atoms with van der Waals surface area (Å²) in [6.07, 6.45) is 1.37. The normalized spacial score (nSPS) is 23.2. The smallest absolute Gasteiger partial charge is 0.321 e. The van der Waals surface area contributed by atoms with Gasteiger partial charge < -0.3 is 14.8 Å². The van der Waals surface area contributed by atoms with E-state index in [4.69, 9.17) is 9.47 Å². The van der Waals surface area contributed by atoms with E-state index in [9.17, 15) is 4.79 Å². The van der Waals surface area contributed by atoms with Crippen LogP contribution in [0, 0.1) is 0 Å². The van der Waals surface area contributed by atoms with E-state index in [-0.39, 0.29) is 18.2 Å². The van der Waals surface area contributed by atoms with Gasteiger partial charge in [0.1, 0.15) is 6.10 Å². The zero-order chi connectivity index (χ0) is 16.3. The second-order valence-electron chi connectivity index (χ2n) is 5.70. The molecule has 1 saturated heterocycles. The van der Waals surface area contributed by atoms with E-state index in [2.05, 4.69) is 15.6 Å². The van der Waals surface area contributed by atoms with Gasteiger partial charge in [0, 0.05) is 11.6 Å². The average Bonchev–Trinajstić information content (AvgIpc) is 3.02. The SMILES string of the molecule is CC1(C)OC[C@@H](NC(=O)Nc2nccs2)[C@@H](c2ccccc2)O1. The summed E-state index contributed by atoms with van der Waals surface area (Å²) in [5.74, 6) is -0.690. The van der Waals surface area contributed by atoms with Gasteiger partial charge in [-0.3, -0.25) is 5.32 Å². The first-order valence-electron chi connectivity index (χ1n) is 7.37. The number of anilines is 1. The highest BCUT2D eigenvalue weighted by Gasteiger charge is 2.38. The molecule has 122 valence electrons. The lowest BCUT2D eigenvalue weighted by Crippen LogP contribution is -2.52. The van der Waals surface area contributed by atoms with Gasteiger partial charge in [-0.1, -0.05) is 30.3 Å². The highest BCUT2D eigenvalue weighted by atomic mass is 32.1. The number of rotatable bonds is 3. The van der Waals surface area contributed by atoms with Gasteiger partial charge >= 0.3 is 6.03 Å². The molecule has 1 fully saturated rings. The van der Waals surface area contributed by atoms with Crippen LogP contribution >= 0.6 is 11.3 Å². The molecule has 1 aliphatic rings. The van der Waals surface area contributed by atoms with Crippen molar-refractivity contribution < 1.29 is 14.3 Å². The Hall–Kier alpha value is -1.96. The maximum absolute atomic E-state index is 12.2. The third-order valence-electron chi connectivity index (χ3n) is 3.48. The summed E-state index contributed by atoms with van der Waals surface area (Å²) in [5.41, 5.74) is 1.00. The number of carbonyl (C=O) groups excluding carboxylic acids is 1. The molecule has 2 heterocycles. The minimum absolute atomic E-state index is 0.276. The van der Waals surface area contributed by atoms with Gasteiger partial charge in [-0.25, -0.2) is 9.78 Å². The monoisotopic (exact) mass is 333 g/mol. The molecule has 1 aromatic heterocycles. The summed E-state index contributed by atoms with van der Waals surface area (Å²) < 4.78 is 11.7. The molecule has 23 heavy (non-hydrogen) atoms. The van der Waals surface area contributed by atoms with Crippen LogP contribution < -0.4 is 10.6 Å². The Bertz CT molecular complexity index is 646. The molecule has 0 radical (unpaired) electrons. The molecule has 0 saturated carbocycles. The zero-order valence-electron chi connectivity index (χ0n) is 13.0. The average molecular weight is 333 g/mol. The molecular weight excluding hydrogens is 314 g/mol. The largest absolute Gasteiger partial charge is 0.348 e. The van der Waals surface area contributed by atoms with Crippen molar-refractivity contribution in [3.8, 4) is 0 Å². The van der Waals surface area contributed by atoms with Crippen LogP contribution in [0.4, 0.5) is 9.93 Å². The molecule has 2 N–H and O–H groups in total. The van der Waals surface area contributed by atoms with Crippen molar-refractivity contribution in [2.45, 2.75) is 31.8 Å². The Labute approximate surface area is 138 Å². The lowest BCUT2D eigenvalue weighted by Gasteiger charge is -2.41. The van der Waals surface area contributed by atoms with E-state index >= 15 is 0 Å². The van der Waals surface area contributed by atoms with E-state index in [0.717, 1.165) is 5.56 Å². The second-order valence-corrected chi connectivity index (χ2v) is 6.60. The standard InChI is InChI=1S/C16H19N3O3S/c1-16(2)21-10-12(13(22-16)11-6-4-3-5-7-11)18-14(20)19-15-17-8-9-23-15/h3-9,12-13H,10H2,1-2H3,(H2,17,18,19,20)/t12-,13-/m1/s1. The van der Waals surface area contributed by atoms with Crippen LogP contribution in [0.5, 0.6) is 0 Å². The van der Waals surface area contributed by atoms with E-state index in [1.165, 1.54) is 11.3 Å². The number of thiazole rings is 1. The summed E-state index contributed by atoms with van der Waals surface area (Å²) in [4.78, 5) is 16.2. The Morgan fingerprint density at radius 1 is 1.35 bits per heavy atom. The third-order valence-corrected chi connectivity index (χ3v) is 4.17. The van der Waals surface area contributed by atoms with Crippen LogP contribution in [0.1, 0.15) is 25.5 Å². The Kier molecular flexibility index (Phi) is 4.61. The van der Waals surface area contributed by atoms with Crippen molar-refractivity contribution in [3.63, 3.8) is 0 Å². The van der Waals surface area contributed by atoms with E-state index in [1.54, 1.807) is 11.6 Å². The number of aromatic nitrogens is 1. The quantitative estimate of drug-likeness (QED) is 0.905. The fourth-order valence-corrected chi connectivity index (χ4v) is 2.97. The van der Waals surface area contributed by atoms with Crippen molar-refractivity contribution in [2.75, 3.05) is 11.9 Å². The van der Waals surface area contributed by atoms with Gasteiger partial charge in [0.05, 0.1) is 12.6 Å². The molecule has 0 spiro atoms. The number of hydrogen-bond donors (Lipinski definition) is 2. The maximum atomic E-state index is 12.2. The second kappa shape index (κ2) is 6.66. The summed E-state index contributed by atoms with van der Waals surface area (Å²) in [6, 6.07) is 9.22. The van der Waals surface area contributed by atoms with Gasteiger partial charge in [-0.15, -0.1) is 11.3 Å². The van der Waals surface area contributed by atoms with E-state index < -0.39 is 5.79 Å². The summed E-state index contributed by atoms with van der Waals surface area (Å²) in [5, 5.41) is 7.97. The summed E-state index contributed by atoms with van der Waals surface area (Å²) in [6.45, 7) is 4.11. The summed E-state index contributed by atoms with van der Waals surface area (Å²) in [7, 11) is 0. The summed E-state index contributed by atoms with van der Waals surface area (Å²) >= 11 is 1.36. The van der Waals surface area contributed by atoms with Crippen LogP contribution in [0.25, 0.3) is 0 Å². The minimum atomic E-state index is -0.690. The Morgan fingerprint density at radius 3 is 2.83 bits per heavy atom. The highest BCUT2D eigenvalue weighted by Crippen LogP contribution is 2.32. The number of urea groups is 1. The van der Waals surface area contributed by atoms with Gasteiger partial charge in [0.2, 0.25) is 0 Å². The molecule has 1 aliphatic heterocycles. The first kappa shape index (κ1) is 15.9. The maximum Gasteiger partial charge on any atom is 0.321 e. The van der Waals surface area contributed by atoms with Crippen molar-refractivity contribution in [1.82, 2.24) is 10.3 Å². The fourth-order valence-electron chi connectivity index (χ4n) is 2.45. The fraction of sp³-hybridized carbons (Fsp3) is 0.375. The van der Waals surface area contributed by atoms with Crippen LogP contribution in [0.3, 0.4) is 0 Å². The zero-order valence-corrected chi connectivity index (χ0v) is 13.8. The third kappa shape index (κ3) is 4.07. The molecule has 2 atom stereocenters. The molecule has 6 nitrogen and oxygen atoms in total. The molecular formula is C16H19N3O3S. The van der Waals surface area contributed by atoms with Crippen LogP contribution in [0.2, 0.25) is 0 Å². The Balaban J connectivity index is 1.72. The van der Waals surface area contributed by atoms with Gasteiger partial charge in [0.25, 0.3) is 0 Å². The minimum Gasteiger partial charge on any atom is -0.348 e. The lowest BCUT2D eigenvalue weighted by molar-refractivity contribution is -0.284. The molecule has 0 bridgehead atoms. The van der Waals surface area contributed by atoms with Crippen LogP contribution in [-0.4, -0.2) is 29.5 Å². The number of amides is 2. The van der Waals surface area contributed by atoms with Gasteiger partial charge in [-0.2, -0.15) is 0 Å².